The molecule has 0 aliphatic carbocycles. The highest BCUT2D eigenvalue weighted by molar-refractivity contribution is 5.94. The highest BCUT2D eigenvalue weighted by Gasteiger charge is 2.36. The predicted molar refractivity (Wildman–Crippen MR) is 133 cm³/mol. The van der Waals surface area contributed by atoms with Crippen molar-refractivity contribution in [2.45, 2.75) is 6.04 Å². The summed E-state index contributed by atoms with van der Waals surface area (Å²) >= 11 is 0. The van der Waals surface area contributed by atoms with Gasteiger partial charge in [-0.25, -0.2) is 29.1 Å². The molecular formula is C24H21N9O4. The minimum atomic E-state index is -0.544. The van der Waals surface area contributed by atoms with Crippen LogP contribution in [0.5, 0.6) is 0 Å². The Morgan fingerprint density at radius 1 is 1.22 bits per heavy atom. The molecule has 0 saturated carbocycles. The van der Waals surface area contributed by atoms with Crippen LogP contribution in [0, 0.1) is 0 Å². The first-order valence-corrected chi connectivity index (χ1v) is 11.1. The van der Waals surface area contributed by atoms with Gasteiger partial charge in [-0.2, -0.15) is 0 Å². The fourth-order valence-corrected chi connectivity index (χ4v) is 3.96. The molecule has 5 rings (SSSR count). The van der Waals surface area contributed by atoms with Gasteiger partial charge in [-0.05, 0) is 24.3 Å². The highest BCUT2D eigenvalue weighted by Crippen LogP contribution is 2.27. The van der Waals surface area contributed by atoms with Gasteiger partial charge in [-0.3, -0.25) is 14.5 Å². The zero-order valence-electron chi connectivity index (χ0n) is 19.8. The van der Waals surface area contributed by atoms with E-state index in [0.29, 0.717) is 35.2 Å². The third-order valence-electron chi connectivity index (χ3n) is 5.80. The lowest BCUT2D eigenvalue weighted by atomic mass is 10.1. The first kappa shape index (κ1) is 23.5. The number of nitrogens with one attached hydrogen (secondary N) is 3. The van der Waals surface area contributed by atoms with Crippen molar-refractivity contribution in [3.63, 3.8) is 0 Å². The molecule has 37 heavy (non-hydrogen) atoms. The van der Waals surface area contributed by atoms with Crippen molar-refractivity contribution in [3.8, 4) is 0 Å². The van der Waals surface area contributed by atoms with Gasteiger partial charge in [0.15, 0.2) is 28.8 Å². The number of nitrogens with zero attached hydrogens (tertiary/aromatic N) is 6. The minimum absolute atomic E-state index is 0.148. The van der Waals surface area contributed by atoms with Gasteiger partial charge in [0.05, 0.1) is 31.2 Å². The second-order valence-corrected chi connectivity index (χ2v) is 7.88. The molecule has 3 aromatic rings. The Hall–Kier alpha value is -5.22. The molecule has 0 unspecified atom stereocenters. The van der Waals surface area contributed by atoms with Crippen LogP contribution in [-0.2, 0) is 14.4 Å². The number of allylic oxidation sites excluding steroid dienone is 2. The molecule has 5 heterocycles. The summed E-state index contributed by atoms with van der Waals surface area (Å²) < 4.78 is 1.38. The van der Waals surface area contributed by atoms with E-state index in [1.807, 2.05) is 12.0 Å². The lowest BCUT2D eigenvalue weighted by molar-refractivity contribution is -0.143. The Morgan fingerprint density at radius 2 is 2.08 bits per heavy atom. The normalized spacial score (nSPS) is 16.6. The van der Waals surface area contributed by atoms with E-state index in [-0.39, 0.29) is 17.1 Å². The van der Waals surface area contributed by atoms with Crippen LogP contribution in [0.4, 0.5) is 17.3 Å². The van der Waals surface area contributed by atoms with Gasteiger partial charge in [-0.1, -0.05) is 6.07 Å². The van der Waals surface area contributed by atoms with Gasteiger partial charge in [0.2, 0.25) is 0 Å². The molecule has 1 amide bonds. The van der Waals surface area contributed by atoms with Gasteiger partial charge >= 0.3 is 0 Å². The summed E-state index contributed by atoms with van der Waals surface area (Å²) in [4.78, 5) is 51.4. The Morgan fingerprint density at radius 3 is 2.78 bits per heavy atom. The number of carbonyl (C=O) groups is 1. The standard InChI is InChI=1S/C24H21N9O4/c1-25-16-10-21(28-15-6-5-9-31(19(15)13-34)22-7-3-4-8-26-22)30-33-18(11-27-23(16)33)24(36)29-17-12-32(37-2)20(17)14-35/h3-11,17,25H,12H2,1-2H3,(H,28,30)(H,29,36)/t17-/m1/s1. The maximum absolute atomic E-state index is 13.0. The number of hydrogen-bond donors (Lipinski definition) is 3. The van der Waals surface area contributed by atoms with Crippen LogP contribution in [-0.4, -0.2) is 69.2 Å². The van der Waals surface area contributed by atoms with Gasteiger partial charge in [-0.15, -0.1) is 5.10 Å². The molecule has 13 heteroatoms. The molecule has 0 aromatic carbocycles. The van der Waals surface area contributed by atoms with E-state index in [4.69, 9.17) is 4.84 Å². The van der Waals surface area contributed by atoms with E-state index in [1.165, 1.54) is 22.9 Å². The molecule has 2 aliphatic heterocycles. The average molecular weight is 499 g/mol. The number of imidazole rings is 1. The van der Waals surface area contributed by atoms with Gasteiger partial charge in [0, 0.05) is 25.5 Å². The molecule has 1 atom stereocenters. The summed E-state index contributed by atoms with van der Waals surface area (Å²) in [6.07, 6.45) is 8.18. The SMILES string of the molecule is CNc1cc(NC2=CC=CN(c3ccccn3)C2=C=O)nn2c(C(=O)N[C@@H]3CN(OC)C3=C=O)cnc12. The van der Waals surface area contributed by atoms with Crippen LogP contribution in [0.1, 0.15) is 10.5 Å². The summed E-state index contributed by atoms with van der Waals surface area (Å²) in [6, 6.07) is 6.52. The van der Waals surface area contributed by atoms with Crippen molar-refractivity contribution < 1.29 is 19.2 Å². The number of hydrogen-bond acceptors (Lipinski definition) is 11. The number of anilines is 3. The molecular weight excluding hydrogens is 478 g/mol. The molecule has 3 aromatic heterocycles. The van der Waals surface area contributed by atoms with Crippen LogP contribution in [0.25, 0.3) is 5.65 Å². The maximum Gasteiger partial charge on any atom is 0.272 e. The highest BCUT2D eigenvalue weighted by atomic mass is 16.7. The lowest BCUT2D eigenvalue weighted by Gasteiger charge is -2.38. The number of aromatic nitrogens is 4. The summed E-state index contributed by atoms with van der Waals surface area (Å²) in [5.74, 6) is 4.14. The molecule has 13 nitrogen and oxygen atoms in total. The van der Waals surface area contributed by atoms with Crippen molar-refractivity contribution in [1.82, 2.24) is 30.0 Å². The van der Waals surface area contributed by atoms with Crippen molar-refractivity contribution >= 4 is 40.8 Å². The van der Waals surface area contributed by atoms with Crippen LogP contribution in [0.2, 0.25) is 0 Å². The molecule has 186 valence electrons. The zero-order chi connectivity index (χ0) is 25.9. The van der Waals surface area contributed by atoms with Crippen LogP contribution in [0.3, 0.4) is 0 Å². The molecule has 1 saturated heterocycles. The molecule has 0 radical (unpaired) electrons. The van der Waals surface area contributed by atoms with E-state index in [1.54, 1.807) is 60.6 Å². The van der Waals surface area contributed by atoms with Crippen molar-refractivity contribution in [2.24, 2.45) is 0 Å². The van der Waals surface area contributed by atoms with Crippen LogP contribution < -0.4 is 20.9 Å². The van der Waals surface area contributed by atoms with E-state index in [0.717, 1.165) is 0 Å². The Balaban J connectivity index is 1.44. The summed E-state index contributed by atoms with van der Waals surface area (Å²) in [7, 11) is 3.14. The van der Waals surface area contributed by atoms with E-state index in [2.05, 4.69) is 31.0 Å². The monoisotopic (exact) mass is 499 g/mol. The summed E-state index contributed by atoms with van der Waals surface area (Å²) in [5.41, 5.74) is 1.98. The topological polar surface area (TPSA) is 146 Å². The zero-order valence-corrected chi connectivity index (χ0v) is 19.8. The van der Waals surface area contributed by atoms with Crippen LogP contribution in [0.15, 0.2) is 72.1 Å². The molecule has 2 aliphatic rings. The smallest absolute Gasteiger partial charge is 0.272 e. The molecule has 3 N–H and O–H groups in total. The molecule has 0 bridgehead atoms. The van der Waals surface area contributed by atoms with E-state index < -0.39 is 11.9 Å². The second-order valence-electron chi connectivity index (χ2n) is 7.88. The lowest BCUT2D eigenvalue weighted by Crippen LogP contribution is -2.57. The summed E-state index contributed by atoms with van der Waals surface area (Å²) in [6.45, 7) is 0.306. The Kier molecular flexibility index (Phi) is 6.23. The van der Waals surface area contributed by atoms with E-state index >= 15 is 0 Å². The fourth-order valence-electron chi connectivity index (χ4n) is 3.96. The number of amides is 1. The average Bonchev–Trinajstić information content (AvgIpc) is 3.35. The maximum atomic E-state index is 13.0. The number of fused-ring (bicyclic) bond motifs is 1. The first-order chi connectivity index (χ1) is 18.1. The quantitative estimate of drug-likeness (QED) is 0.399. The Bertz CT molecular complexity index is 1530. The minimum Gasteiger partial charge on any atom is -0.385 e. The van der Waals surface area contributed by atoms with E-state index in [9.17, 15) is 14.4 Å². The number of rotatable bonds is 7. The molecule has 0 spiro atoms. The largest absolute Gasteiger partial charge is 0.385 e. The van der Waals surface area contributed by atoms with Crippen molar-refractivity contribution in [2.75, 3.05) is 36.2 Å². The Labute approximate surface area is 210 Å². The fraction of sp³-hybridized carbons (Fsp3) is 0.167. The summed E-state index contributed by atoms with van der Waals surface area (Å²) in [5, 5.41) is 14.8. The third-order valence-corrected chi connectivity index (χ3v) is 5.80. The molecule has 1 fully saturated rings. The first-order valence-electron chi connectivity index (χ1n) is 11.1. The number of carbonyl (C=O) groups excluding carboxylic acids is 3. The second kappa shape index (κ2) is 9.80. The van der Waals surface area contributed by atoms with Crippen molar-refractivity contribution in [1.29, 1.82) is 0 Å². The van der Waals surface area contributed by atoms with Crippen molar-refractivity contribution in [3.05, 3.63) is 77.8 Å². The van der Waals surface area contributed by atoms with Gasteiger partial charge in [0.25, 0.3) is 5.91 Å². The third kappa shape index (κ3) is 4.21. The predicted octanol–water partition coefficient (Wildman–Crippen LogP) is 0.902. The number of hydroxylamine groups is 2. The van der Waals surface area contributed by atoms with Gasteiger partial charge in [0.1, 0.15) is 23.5 Å². The van der Waals surface area contributed by atoms with Gasteiger partial charge < -0.3 is 16.0 Å². The van der Waals surface area contributed by atoms with Crippen LogP contribution >= 0.6 is 0 Å². The number of pyridine rings is 1.